The fourth-order valence-corrected chi connectivity index (χ4v) is 6.36. The third-order valence-corrected chi connectivity index (χ3v) is 8.81. The Kier molecular flexibility index (Phi) is 6.93. The second-order valence-corrected chi connectivity index (χ2v) is 12.3. The second kappa shape index (κ2) is 10.4. The zero-order valence-electron chi connectivity index (χ0n) is 23.7. The Bertz CT molecular complexity index is 1770. The molecule has 2 N–H and O–H groups in total. The lowest BCUT2D eigenvalue weighted by Gasteiger charge is -2.27. The van der Waals surface area contributed by atoms with Gasteiger partial charge in [-0.05, 0) is 82.9 Å². The molecule has 216 valence electrons. The van der Waals surface area contributed by atoms with Crippen molar-refractivity contribution in [1.82, 2.24) is 29.6 Å². The van der Waals surface area contributed by atoms with Gasteiger partial charge in [-0.3, -0.25) is 19.1 Å². The molecule has 4 heterocycles. The maximum atomic E-state index is 13.9. The van der Waals surface area contributed by atoms with Gasteiger partial charge in [0.05, 0.1) is 5.52 Å². The SMILES string of the molecule is CC(=O)c1nn(CC(=O)N2C(C(=O)Nc3nc(Br)ccc3C)C[C@@]3(C)C[C@@H]23)c2c(C)cc(-c3cnc(CO)nc3)cc12. The quantitative estimate of drug-likeness (QED) is 0.230. The number of aromatic nitrogens is 5. The fraction of sp³-hybridized carbons (Fsp3) is 0.367. The first-order valence-corrected chi connectivity index (χ1v) is 14.5. The number of nitrogens with zero attached hydrogens (tertiary/aromatic N) is 6. The standard InChI is InChI=1S/C30H30BrN7O4/c1-15-5-6-23(31)34-28(15)35-29(42)21-9-30(4)10-22(30)38(21)25(41)13-37-27-16(2)7-18(8-20(27)26(36-37)17(3)40)19-11-32-24(14-39)33-12-19/h5-8,11-12,21-22,39H,9-10,13-14H2,1-4H3,(H,34,35,42)/t21?,22-,30+/m1/s1. The van der Waals surface area contributed by atoms with E-state index >= 15 is 0 Å². The average Bonchev–Trinajstić information content (AvgIpc) is 3.30. The first-order chi connectivity index (χ1) is 20.0. The number of nitrogens with one attached hydrogen (secondary N) is 1. The molecule has 1 aliphatic carbocycles. The molecule has 42 heavy (non-hydrogen) atoms. The van der Waals surface area contributed by atoms with E-state index in [4.69, 9.17) is 0 Å². The van der Waals surface area contributed by atoms with Crippen molar-refractivity contribution in [2.45, 2.75) is 65.8 Å². The van der Waals surface area contributed by atoms with E-state index in [1.54, 1.807) is 22.0 Å². The summed E-state index contributed by atoms with van der Waals surface area (Å²) in [5.41, 5.74) is 4.00. The maximum absolute atomic E-state index is 13.9. The van der Waals surface area contributed by atoms with Gasteiger partial charge in [0.2, 0.25) is 11.8 Å². The number of aliphatic hydroxyl groups is 1. The minimum atomic E-state index is -0.634. The molecular formula is C30H30BrN7O4. The van der Waals surface area contributed by atoms with Gasteiger partial charge < -0.3 is 15.3 Å². The number of halogens is 1. The predicted octanol–water partition coefficient (Wildman–Crippen LogP) is 3.98. The number of fused-ring (bicyclic) bond motifs is 2. The molecule has 0 radical (unpaired) electrons. The number of anilines is 1. The van der Waals surface area contributed by atoms with E-state index < -0.39 is 6.04 Å². The van der Waals surface area contributed by atoms with Crippen molar-refractivity contribution in [2.24, 2.45) is 5.41 Å². The lowest BCUT2D eigenvalue weighted by molar-refractivity contribution is -0.138. The van der Waals surface area contributed by atoms with Crippen LogP contribution in [0.4, 0.5) is 5.82 Å². The third-order valence-electron chi connectivity index (χ3n) is 8.36. The number of Topliss-reactive ketones (excluding diaryl/α,β-unsaturated/α-hetero) is 1. The monoisotopic (exact) mass is 631 g/mol. The Morgan fingerprint density at radius 2 is 1.83 bits per heavy atom. The van der Waals surface area contributed by atoms with Crippen LogP contribution in [0.1, 0.15) is 54.1 Å². The molecule has 3 atom stereocenters. The summed E-state index contributed by atoms with van der Waals surface area (Å²) in [6, 6.07) is 6.79. The van der Waals surface area contributed by atoms with Crippen molar-refractivity contribution in [2.75, 3.05) is 5.32 Å². The van der Waals surface area contributed by atoms with Crippen molar-refractivity contribution in [1.29, 1.82) is 0 Å². The van der Waals surface area contributed by atoms with Gasteiger partial charge in [0.1, 0.15) is 35.3 Å². The third kappa shape index (κ3) is 4.88. The van der Waals surface area contributed by atoms with Crippen LogP contribution in [0.25, 0.3) is 22.0 Å². The molecule has 1 saturated heterocycles. The summed E-state index contributed by atoms with van der Waals surface area (Å²) in [5.74, 6) is 0.0574. The molecular weight excluding hydrogens is 602 g/mol. The topological polar surface area (TPSA) is 143 Å². The van der Waals surface area contributed by atoms with Crippen LogP contribution in [0, 0.1) is 19.3 Å². The van der Waals surface area contributed by atoms with E-state index in [-0.39, 0.29) is 47.9 Å². The summed E-state index contributed by atoms with van der Waals surface area (Å²) in [6.45, 7) is 6.96. The first kappa shape index (κ1) is 28.1. The largest absolute Gasteiger partial charge is 0.388 e. The number of aliphatic hydroxyl groups excluding tert-OH is 1. The van der Waals surface area contributed by atoms with Gasteiger partial charge in [-0.2, -0.15) is 5.10 Å². The maximum Gasteiger partial charge on any atom is 0.248 e. The fourth-order valence-electron chi connectivity index (χ4n) is 6.06. The molecule has 6 rings (SSSR count). The first-order valence-electron chi connectivity index (χ1n) is 13.7. The molecule has 1 saturated carbocycles. The van der Waals surface area contributed by atoms with Crippen LogP contribution in [0.15, 0.2) is 41.3 Å². The summed E-state index contributed by atoms with van der Waals surface area (Å²) in [5, 5.41) is 17.4. The zero-order valence-corrected chi connectivity index (χ0v) is 25.3. The van der Waals surface area contributed by atoms with Crippen molar-refractivity contribution < 1.29 is 19.5 Å². The van der Waals surface area contributed by atoms with Crippen LogP contribution in [-0.2, 0) is 22.7 Å². The van der Waals surface area contributed by atoms with E-state index in [0.717, 1.165) is 28.7 Å². The predicted molar refractivity (Wildman–Crippen MR) is 158 cm³/mol. The van der Waals surface area contributed by atoms with Crippen LogP contribution >= 0.6 is 15.9 Å². The summed E-state index contributed by atoms with van der Waals surface area (Å²) in [7, 11) is 0. The Morgan fingerprint density at radius 3 is 2.52 bits per heavy atom. The second-order valence-electron chi connectivity index (χ2n) is 11.5. The number of likely N-dealkylation sites (tertiary alicyclic amines) is 1. The number of carbonyl (C=O) groups is 3. The highest BCUT2D eigenvalue weighted by Crippen LogP contribution is 2.59. The van der Waals surface area contributed by atoms with E-state index in [1.807, 2.05) is 38.1 Å². The van der Waals surface area contributed by atoms with Gasteiger partial charge in [-0.15, -0.1) is 0 Å². The van der Waals surface area contributed by atoms with E-state index in [9.17, 15) is 19.5 Å². The number of benzene rings is 1. The minimum absolute atomic E-state index is 0.0268. The summed E-state index contributed by atoms with van der Waals surface area (Å²) in [6.07, 6.45) is 4.66. The highest BCUT2D eigenvalue weighted by molar-refractivity contribution is 9.10. The van der Waals surface area contributed by atoms with Crippen LogP contribution in [0.3, 0.4) is 0 Å². The molecule has 4 aromatic rings. The van der Waals surface area contributed by atoms with Gasteiger partial charge in [-0.25, -0.2) is 15.0 Å². The smallest absolute Gasteiger partial charge is 0.248 e. The molecule has 1 unspecified atom stereocenters. The van der Waals surface area contributed by atoms with Crippen molar-refractivity contribution in [3.05, 3.63) is 63.9 Å². The number of hydrogen-bond acceptors (Lipinski definition) is 8. The van der Waals surface area contributed by atoms with E-state index in [0.29, 0.717) is 33.6 Å². The highest BCUT2D eigenvalue weighted by atomic mass is 79.9. The van der Waals surface area contributed by atoms with Crippen LogP contribution in [0.2, 0.25) is 0 Å². The summed E-state index contributed by atoms with van der Waals surface area (Å²) >= 11 is 3.35. The molecule has 2 fully saturated rings. The van der Waals surface area contributed by atoms with Crippen LogP contribution in [-0.4, -0.2) is 64.4 Å². The Hall–Kier alpha value is -4.03. The number of rotatable bonds is 7. The molecule has 0 spiro atoms. The van der Waals surface area contributed by atoms with Crippen LogP contribution in [0.5, 0.6) is 0 Å². The number of hydrogen-bond donors (Lipinski definition) is 2. The summed E-state index contributed by atoms with van der Waals surface area (Å²) in [4.78, 5) is 54.4. The Morgan fingerprint density at radius 1 is 1.10 bits per heavy atom. The van der Waals surface area contributed by atoms with Gasteiger partial charge >= 0.3 is 0 Å². The number of piperidine rings is 1. The van der Waals surface area contributed by atoms with E-state index in [2.05, 4.69) is 48.2 Å². The van der Waals surface area contributed by atoms with Crippen molar-refractivity contribution in [3.63, 3.8) is 0 Å². The van der Waals surface area contributed by atoms with Gasteiger partial charge in [0, 0.05) is 36.3 Å². The molecule has 1 aromatic carbocycles. The van der Waals surface area contributed by atoms with Gasteiger partial charge in [0.25, 0.3) is 0 Å². The molecule has 12 heteroatoms. The highest BCUT2D eigenvalue weighted by Gasteiger charge is 2.64. The Labute approximate surface area is 250 Å². The van der Waals surface area contributed by atoms with Gasteiger partial charge in [0.15, 0.2) is 11.6 Å². The lowest BCUT2D eigenvalue weighted by Crippen LogP contribution is -2.47. The number of ketones is 1. The average molecular weight is 633 g/mol. The number of carbonyl (C=O) groups excluding carboxylic acids is 3. The summed E-state index contributed by atoms with van der Waals surface area (Å²) < 4.78 is 2.18. The lowest BCUT2D eigenvalue weighted by atomic mass is 10.0. The molecule has 1 aliphatic heterocycles. The van der Waals surface area contributed by atoms with Gasteiger partial charge in [-0.1, -0.05) is 13.0 Å². The normalized spacial score (nSPS) is 21.0. The molecule has 11 nitrogen and oxygen atoms in total. The minimum Gasteiger partial charge on any atom is -0.388 e. The Balaban J connectivity index is 1.31. The molecule has 2 amide bonds. The van der Waals surface area contributed by atoms with Crippen molar-refractivity contribution >= 4 is 50.2 Å². The zero-order chi connectivity index (χ0) is 29.9. The van der Waals surface area contributed by atoms with Crippen molar-refractivity contribution in [3.8, 4) is 11.1 Å². The number of amides is 2. The van der Waals surface area contributed by atoms with E-state index in [1.165, 1.54) is 6.92 Å². The number of pyridine rings is 1. The molecule has 3 aromatic heterocycles. The number of aryl methyl sites for hydroxylation is 2. The molecule has 2 aliphatic rings. The molecule has 0 bridgehead atoms. The van der Waals surface area contributed by atoms with Crippen LogP contribution < -0.4 is 5.32 Å².